The molecule has 0 N–H and O–H groups in total. The summed E-state index contributed by atoms with van der Waals surface area (Å²) in [4.78, 5) is 4.14. The number of benzene rings is 1. The maximum absolute atomic E-state index is 5.11. The lowest BCUT2D eigenvalue weighted by Gasteiger charge is -2.05. The Hall–Kier alpha value is -1.68. The zero-order valence-corrected chi connectivity index (χ0v) is 9.99. The van der Waals surface area contributed by atoms with Gasteiger partial charge in [0.05, 0.1) is 7.11 Å². The minimum atomic E-state index is 0.581. The lowest BCUT2D eigenvalue weighted by molar-refractivity contribution is 0.415. The highest BCUT2D eigenvalue weighted by Crippen LogP contribution is 2.21. The number of hydrogen-bond donors (Lipinski definition) is 0. The van der Waals surface area contributed by atoms with Crippen molar-refractivity contribution in [2.75, 3.05) is 7.11 Å². The summed E-state index contributed by atoms with van der Waals surface area (Å²) in [5.74, 6) is 0.848. The maximum atomic E-state index is 5.11. The molecule has 0 aliphatic rings. The van der Waals surface area contributed by atoms with Crippen LogP contribution in [0.15, 0.2) is 36.7 Å². The van der Waals surface area contributed by atoms with Crippen LogP contribution >= 0.6 is 12.2 Å². The third-order valence-electron chi connectivity index (χ3n) is 2.37. The van der Waals surface area contributed by atoms with Gasteiger partial charge in [0.2, 0.25) is 0 Å². The van der Waals surface area contributed by atoms with Crippen LogP contribution in [0.3, 0.4) is 0 Å². The molecule has 1 aromatic heterocycles. The highest BCUT2D eigenvalue weighted by Gasteiger charge is 1.99. The Labute approximate surface area is 99.3 Å². The van der Waals surface area contributed by atoms with E-state index in [1.165, 1.54) is 0 Å². The molecule has 0 spiro atoms. The van der Waals surface area contributed by atoms with Crippen LogP contribution < -0.4 is 4.74 Å². The predicted octanol–water partition coefficient (Wildman–Crippen LogP) is 2.83. The maximum Gasteiger partial charge on any atom is 0.199 e. The number of hydrogen-bond acceptors (Lipinski definition) is 3. The first-order valence-corrected chi connectivity index (χ1v) is 5.28. The van der Waals surface area contributed by atoms with Crippen molar-refractivity contribution in [1.82, 2.24) is 9.55 Å². The predicted molar refractivity (Wildman–Crippen MR) is 66.0 cm³/mol. The van der Waals surface area contributed by atoms with E-state index in [-0.39, 0.29) is 0 Å². The molecule has 2 rings (SSSR count). The van der Waals surface area contributed by atoms with Gasteiger partial charge in [0.15, 0.2) is 4.77 Å². The third-order valence-corrected chi connectivity index (χ3v) is 2.77. The SMILES string of the molecule is COc1ccc(-c2cnc(=S)n(C)c2)cc1. The third kappa shape index (κ3) is 2.12. The monoisotopic (exact) mass is 232 g/mol. The van der Waals surface area contributed by atoms with Gasteiger partial charge in [-0.25, -0.2) is 4.98 Å². The zero-order valence-electron chi connectivity index (χ0n) is 9.18. The summed E-state index contributed by atoms with van der Waals surface area (Å²) >= 11 is 5.03. The zero-order chi connectivity index (χ0) is 11.5. The van der Waals surface area contributed by atoms with Crippen molar-refractivity contribution in [3.8, 4) is 16.9 Å². The molecule has 16 heavy (non-hydrogen) atoms. The molecule has 2 aromatic rings. The second-order valence-corrected chi connectivity index (χ2v) is 3.83. The first kappa shape index (κ1) is 10.8. The molecule has 4 heteroatoms. The van der Waals surface area contributed by atoms with Crippen LogP contribution in [0.25, 0.3) is 11.1 Å². The largest absolute Gasteiger partial charge is 0.497 e. The number of rotatable bonds is 2. The standard InChI is InChI=1S/C12H12N2OS/c1-14-8-10(7-13-12(14)16)9-3-5-11(15-2)6-4-9/h3-8H,1-2H3. The van der Waals surface area contributed by atoms with E-state index in [4.69, 9.17) is 17.0 Å². The Kier molecular flexibility index (Phi) is 3.01. The van der Waals surface area contributed by atoms with Gasteiger partial charge in [-0.05, 0) is 29.9 Å². The molecule has 0 radical (unpaired) electrons. The minimum Gasteiger partial charge on any atom is -0.497 e. The van der Waals surface area contributed by atoms with Gasteiger partial charge in [0, 0.05) is 25.0 Å². The van der Waals surface area contributed by atoms with Gasteiger partial charge in [-0.15, -0.1) is 0 Å². The first-order chi connectivity index (χ1) is 7.70. The van der Waals surface area contributed by atoms with E-state index < -0.39 is 0 Å². The number of nitrogens with zero attached hydrogens (tertiary/aromatic N) is 2. The van der Waals surface area contributed by atoms with Crippen LogP contribution in [0.2, 0.25) is 0 Å². The average molecular weight is 232 g/mol. The summed E-state index contributed by atoms with van der Waals surface area (Å²) in [7, 11) is 3.55. The molecule has 0 amide bonds. The molecule has 0 aliphatic heterocycles. The molecule has 82 valence electrons. The summed E-state index contributed by atoms with van der Waals surface area (Å²) in [5, 5.41) is 0. The fourth-order valence-corrected chi connectivity index (χ4v) is 1.55. The molecular weight excluding hydrogens is 220 g/mol. The fraction of sp³-hybridized carbons (Fsp3) is 0.167. The Morgan fingerprint density at radius 1 is 1.19 bits per heavy atom. The molecule has 0 unspecified atom stereocenters. The van der Waals surface area contributed by atoms with Crippen molar-refractivity contribution in [2.24, 2.45) is 7.05 Å². The molecule has 0 atom stereocenters. The topological polar surface area (TPSA) is 27.1 Å². The van der Waals surface area contributed by atoms with Crippen molar-refractivity contribution in [2.45, 2.75) is 0 Å². The Morgan fingerprint density at radius 2 is 1.88 bits per heavy atom. The molecule has 0 aliphatic carbocycles. The molecule has 1 heterocycles. The molecule has 3 nitrogen and oxygen atoms in total. The molecular formula is C12H12N2OS. The van der Waals surface area contributed by atoms with Crippen LogP contribution in [0, 0.1) is 4.77 Å². The smallest absolute Gasteiger partial charge is 0.199 e. The molecule has 1 aromatic carbocycles. The van der Waals surface area contributed by atoms with Gasteiger partial charge in [-0.2, -0.15) is 0 Å². The van der Waals surface area contributed by atoms with Crippen molar-refractivity contribution >= 4 is 12.2 Å². The minimum absolute atomic E-state index is 0.581. The number of aryl methyl sites for hydroxylation is 1. The van der Waals surface area contributed by atoms with Crippen LogP contribution in [-0.4, -0.2) is 16.7 Å². The van der Waals surface area contributed by atoms with Crippen molar-refractivity contribution in [1.29, 1.82) is 0 Å². The van der Waals surface area contributed by atoms with Crippen molar-refractivity contribution in [3.63, 3.8) is 0 Å². The summed E-state index contributed by atoms with van der Waals surface area (Å²) in [6, 6.07) is 7.85. The summed E-state index contributed by atoms with van der Waals surface area (Å²) < 4.78 is 7.52. The normalized spacial score (nSPS) is 10.1. The fourth-order valence-electron chi connectivity index (χ4n) is 1.45. The van der Waals surface area contributed by atoms with Gasteiger partial charge in [-0.3, -0.25) is 0 Å². The molecule has 0 saturated heterocycles. The van der Waals surface area contributed by atoms with Gasteiger partial charge < -0.3 is 9.30 Å². The summed E-state index contributed by atoms with van der Waals surface area (Å²) in [6.07, 6.45) is 3.75. The van der Waals surface area contributed by atoms with E-state index in [1.54, 1.807) is 13.3 Å². The van der Waals surface area contributed by atoms with E-state index in [0.29, 0.717) is 4.77 Å². The van der Waals surface area contributed by atoms with Gasteiger partial charge >= 0.3 is 0 Å². The Morgan fingerprint density at radius 3 is 2.44 bits per heavy atom. The molecule has 0 bridgehead atoms. The van der Waals surface area contributed by atoms with E-state index in [1.807, 2.05) is 42.1 Å². The Bertz CT molecular complexity index is 546. The summed E-state index contributed by atoms with van der Waals surface area (Å²) in [5.41, 5.74) is 2.14. The highest BCUT2D eigenvalue weighted by atomic mass is 32.1. The quantitative estimate of drug-likeness (QED) is 0.745. The van der Waals surface area contributed by atoms with Crippen molar-refractivity contribution in [3.05, 3.63) is 41.4 Å². The average Bonchev–Trinajstić information content (AvgIpc) is 2.33. The van der Waals surface area contributed by atoms with Gasteiger partial charge in [0.25, 0.3) is 0 Å². The van der Waals surface area contributed by atoms with Crippen LogP contribution in [0.5, 0.6) is 5.75 Å². The van der Waals surface area contributed by atoms with E-state index >= 15 is 0 Å². The lowest BCUT2D eigenvalue weighted by Crippen LogP contribution is -1.95. The highest BCUT2D eigenvalue weighted by molar-refractivity contribution is 7.71. The van der Waals surface area contributed by atoms with Crippen LogP contribution in [0.4, 0.5) is 0 Å². The second-order valence-electron chi connectivity index (χ2n) is 3.46. The Balaban J connectivity index is 2.42. The number of ether oxygens (including phenoxy) is 1. The van der Waals surface area contributed by atoms with Crippen LogP contribution in [-0.2, 0) is 7.05 Å². The lowest BCUT2D eigenvalue weighted by atomic mass is 10.1. The van der Waals surface area contributed by atoms with Gasteiger partial charge in [0.1, 0.15) is 5.75 Å². The first-order valence-electron chi connectivity index (χ1n) is 4.88. The van der Waals surface area contributed by atoms with E-state index in [2.05, 4.69) is 4.98 Å². The number of methoxy groups -OCH3 is 1. The van der Waals surface area contributed by atoms with Crippen LogP contribution in [0.1, 0.15) is 0 Å². The molecule has 0 fully saturated rings. The second kappa shape index (κ2) is 4.45. The molecule has 0 saturated carbocycles. The number of aromatic nitrogens is 2. The van der Waals surface area contributed by atoms with E-state index in [9.17, 15) is 0 Å². The van der Waals surface area contributed by atoms with E-state index in [0.717, 1.165) is 16.9 Å². The van der Waals surface area contributed by atoms with Crippen molar-refractivity contribution < 1.29 is 4.74 Å². The summed E-state index contributed by atoms with van der Waals surface area (Å²) in [6.45, 7) is 0. The van der Waals surface area contributed by atoms with Gasteiger partial charge in [-0.1, -0.05) is 12.1 Å².